The van der Waals surface area contributed by atoms with Gasteiger partial charge in [0.05, 0.1) is 6.61 Å². The zero-order valence-electron chi connectivity index (χ0n) is 12.3. The third-order valence-electron chi connectivity index (χ3n) is 3.80. The highest BCUT2D eigenvalue weighted by molar-refractivity contribution is 5.31. The molecule has 1 unspecified atom stereocenters. The van der Waals surface area contributed by atoms with E-state index in [4.69, 9.17) is 9.47 Å². The molecule has 1 N–H and O–H groups in total. The fourth-order valence-electron chi connectivity index (χ4n) is 2.69. The van der Waals surface area contributed by atoms with E-state index in [1.807, 2.05) is 19.2 Å². The van der Waals surface area contributed by atoms with Crippen molar-refractivity contribution in [1.29, 1.82) is 0 Å². The second kappa shape index (κ2) is 6.74. The summed E-state index contributed by atoms with van der Waals surface area (Å²) in [5.41, 5.74) is 3.89. The standard InChI is InChI=1S/C18H21NO2/c1-19-12-14-6-8-16(9-7-14)21-13-18-17-5-3-2-4-15(17)10-11-20-18/h2-9,18-19H,10-13H2,1H3. The highest BCUT2D eigenvalue weighted by atomic mass is 16.5. The van der Waals surface area contributed by atoms with Crippen molar-refractivity contribution in [3.05, 3.63) is 65.2 Å². The van der Waals surface area contributed by atoms with Crippen LogP contribution < -0.4 is 10.1 Å². The van der Waals surface area contributed by atoms with Crippen molar-refractivity contribution in [2.24, 2.45) is 0 Å². The van der Waals surface area contributed by atoms with Crippen LogP contribution in [0.25, 0.3) is 0 Å². The van der Waals surface area contributed by atoms with E-state index in [1.54, 1.807) is 0 Å². The number of rotatable bonds is 5. The third kappa shape index (κ3) is 3.43. The second-order valence-electron chi connectivity index (χ2n) is 5.29. The molecule has 0 bridgehead atoms. The number of ether oxygens (including phenoxy) is 2. The maximum absolute atomic E-state index is 5.89. The molecule has 2 aromatic carbocycles. The highest BCUT2D eigenvalue weighted by Gasteiger charge is 2.20. The molecule has 1 aliphatic rings. The zero-order chi connectivity index (χ0) is 14.5. The number of nitrogens with one attached hydrogen (secondary N) is 1. The average molecular weight is 283 g/mol. The summed E-state index contributed by atoms with van der Waals surface area (Å²) < 4.78 is 11.7. The summed E-state index contributed by atoms with van der Waals surface area (Å²) in [4.78, 5) is 0. The predicted molar refractivity (Wildman–Crippen MR) is 83.5 cm³/mol. The van der Waals surface area contributed by atoms with Gasteiger partial charge in [0.15, 0.2) is 0 Å². The molecule has 3 heteroatoms. The first-order valence-electron chi connectivity index (χ1n) is 7.42. The van der Waals surface area contributed by atoms with Crippen molar-refractivity contribution in [3.63, 3.8) is 0 Å². The van der Waals surface area contributed by atoms with E-state index < -0.39 is 0 Å². The molecule has 1 aliphatic heterocycles. The van der Waals surface area contributed by atoms with Crippen molar-refractivity contribution >= 4 is 0 Å². The minimum absolute atomic E-state index is 0.0342. The summed E-state index contributed by atoms with van der Waals surface area (Å²) in [6.45, 7) is 2.20. The molecule has 110 valence electrons. The number of fused-ring (bicyclic) bond motifs is 1. The number of hydrogen-bond acceptors (Lipinski definition) is 3. The molecule has 1 atom stereocenters. The molecule has 0 aliphatic carbocycles. The maximum Gasteiger partial charge on any atom is 0.119 e. The summed E-state index contributed by atoms with van der Waals surface area (Å²) in [5.74, 6) is 0.890. The van der Waals surface area contributed by atoms with Crippen LogP contribution in [0.15, 0.2) is 48.5 Å². The lowest BCUT2D eigenvalue weighted by Crippen LogP contribution is -2.21. The molecular formula is C18H21NO2. The predicted octanol–water partition coefficient (Wildman–Crippen LogP) is 3.10. The van der Waals surface area contributed by atoms with Crippen LogP contribution in [0.4, 0.5) is 0 Å². The first kappa shape index (κ1) is 14.1. The van der Waals surface area contributed by atoms with Gasteiger partial charge in [-0.05, 0) is 42.3 Å². The van der Waals surface area contributed by atoms with Gasteiger partial charge >= 0.3 is 0 Å². The third-order valence-corrected chi connectivity index (χ3v) is 3.80. The lowest BCUT2D eigenvalue weighted by Gasteiger charge is -2.26. The van der Waals surface area contributed by atoms with Crippen LogP contribution in [-0.2, 0) is 17.7 Å². The monoisotopic (exact) mass is 283 g/mol. The minimum atomic E-state index is 0.0342. The Morgan fingerprint density at radius 2 is 1.95 bits per heavy atom. The largest absolute Gasteiger partial charge is 0.491 e. The molecule has 1 heterocycles. The van der Waals surface area contributed by atoms with E-state index in [-0.39, 0.29) is 6.10 Å². The van der Waals surface area contributed by atoms with Gasteiger partial charge in [-0.2, -0.15) is 0 Å². The van der Waals surface area contributed by atoms with Crippen LogP contribution >= 0.6 is 0 Å². The summed E-state index contributed by atoms with van der Waals surface area (Å²) in [5, 5.41) is 3.14. The Morgan fingerprint density at radius 1 is 1.14 bits per heavy atom. The minimum Gasteiger partial charge on any atom is -0.491 e. The maximum atomic E-state index is 5.89. The fourth-order valence-corrected chi connectivity index (χ4v) is 2.69. The van der Waals surface area contributed by atoms with E-state index in [0.717, 1.165) is 25.3 Å². The van der Waals surface area contributed by atoms with Gasteiger partial charge in [0.25, 0.3) is 0 Å². The molecule has 0 saturated carbocycles. The van der Waals surface area contributed by atoms with Gasteiger partial charge in [-0.3, -0.25) is 0 Å². The van der Waals surface area contributed by atoms with E-state index in [9.17, 15) is 0 Å². The number of benzene rings is 2. The van der Waals surface area contributed by atoms with Crippen LogP contribution in [0.2, 0.25) is 0 Å². The Bertz CT molecular complexity index is 580. The van der Waals surface area contributed by atoms with E-state index >= 15 is 0 Å². The van der Waals surface area contributed by atoms with Crippen LogP contribution in [0.1, 0.15) is 22.8 Å². The van der Waals surface area contributed by atoms with Crippen molar-refractivity contribution in [2.45, 2.75) is 19.1 Å². The molecule has 0 radical (unpaired) electrons. The van der Waals surface area contributed by atoms with E-state index in [0.29, 0.717) is 6.61 Å². The fraction of sp³-hybridized carbons (Fsp3) is 0.333. The van der Waals surface area contributed by atoms with Crippen LogP contribution in [-0.4, -0.2) is 20.3 Å². The first-order valence-corrected chi connectivity index (χ1v) is 7.42. The Balaban J connectivity index is 1.63. The van der Waals surface area contributed by atoms with Crippen LogP contribution in [0.3, 0.4) is 0 Å². The molecule has 0 spiro atoms. The smallest absolute Gasteiger partial charge is 0.119 e. The first-order chi connectivity index (χ1) is 10.4. The Hall–Kier alpha value is -1.84. The Kier molecular flexibility index (Phi) is 4.53. The van der Waals surface area contributed by atoms with Crippen molar-refractivity contribution in [1.82, 2.24) is 5.32 Å². The molecule has 0 saturated heterocycles. The normalized spacial score (nSPS) is 17.3. The van der Waals surface area contributed by atoms with Gasteiger partial charge in [0.1, 0.15) is 18.5 Å². The zero-order valence-corrected chi connectivity index (χ0v) is 12.3. The van der Waals surface area contributed by atoms with Gasteiger partial charge in [-0.1, -0.05) is 36.4 Å². The summed E-state index contributed by atoms with van der Waals surface area (Å²) in [7, 11) is 1.95. The molecule has 0 aromatic heterocycles. The van der Waals surface area contributed by atoms with Crippen molar-refractivity contribution < 1.29 is 9.47 Å². The molecule has 0 amide bonds. The van der Waals surface area contributed by atoms with Gasteiger partial charge in [0, 0.05) is 6.54 Å². The van der Waals surface area contributed by atoms with Crippen LogP contribution in [0.5, 0.6) is 5.75 Å². The average Bonchev–Trinajstić information content (AvgIpc) is 2.54. The SMILES string of the molecule is CNCc1ccc(OCC2OCCc3ccccc32)cc1. The lowest BCUT2D eigenvalue weighted by atomic mass is 9.98. The highest BCUT2D eigenvalue weighted by Crippen LogP contribution is 2.27. The molecular weight excluding hydrogens is 262 g/mol. The van der Waals surface area contributed by atoms with Gasteiger partial charge in [-0.25, -0.2) is 0 Å². The second-order valence-corrected chi connectivity index (χ2v) is 5.29. The van der Waals surface area contributed by atoms with Crippen molar-refractivity contribution in [2.75, 3.05) is 20.3 Å². The van der Waals surface area contributed by atoms with Crippen molar-refractivity contribution in [3.8, 4) is 5.75 Å². The van der Waals surface area contributed by atoms with Crippen LogP contribution in [0, 0.1) is 0 Å². The number of hydrogen-bond donors (Lipinski definition) is 1. The molecule has 3 nitrogen and oxygen atoms in total. The molecule has 3 rings (SSSR count). The van der Waals surface area contributed by atoms with Gasteiger partial charge in [-0.15, -0.1) is 0 Å². The Morgan fingerprint density at radius 3 is 2.76 bits per heavy atom. The summed E-state index contributed by atoms with van der Waals surface area (Å²) in [6.07, 6.45) is 1.03. The lowest BCUT2D eigenvalue weighted by molar-refractivity contribution is 0.0102. The quantitative estimate of drug-likeness (QED) is 0.914. The van der Waals surface area contributed by atoms with E-state index in [1.165, 1.54) is 16.7 Å². The van der Waals surface area contributed by atoms with Gasteiger partial charge in [0.2, 0.25) is 0 Å². The van der Waals surface area contributed by atoms with E-state index in [2.05, 4.69) is 41.7 Å². The summed E-state index contributed by atoms with van der Waals surface area (Å²) >= 11 is 0. The molecule has 0 fully saturated rings. The summed E-state index contributed by atoms with van der Waals surface area (Å²) in [6, 6.07) is 16.7. The topological polar surface area (TPSA) is 30.5 Å². The molecule has 2 aromatic rings. The van der Waals surface area contributed by atoms with Gasteiger partial charge < -0.3 is 14.8 Å². The Labute approximate surface area is 125 Å². The molecule has 21 heavy (non-hydrogen) atoms.